The van der Waals surface area contributed by atoms with Crippen LogP contribution in [0.15, 0.2) is 95.4 Å². The van der Waals surface area contributed by atoms with Gasteiger partial charge in [0.25, 0.3) is 0 Å². The SMILES string of the molecule is Clc1ccc2oc3cc(-c4ccccc4-c4ccccc4)ccc3c2c1. The first-order chi connectivity index (χ1) is 12.8. The van der Waals surface area contributed by atoms with E-state index in [-0.39, 0.29) is 0 Å². The van der Waals surface area contributed by atoms with Crippen molar-refractivity contribution < 1.29 is 4.42 Å². The molecule has 0 saturated carbocycles. The maximum atomic E-state index is 6.15. The summed E-state index contributed by atoms with van der Waals surface area (Å²) >= 11 is 6.15. The van der Waals surface area contributed by atoms with Gasteiger partial charge in [-0.15, -0.1) is 0 Å². The Morgan fingerprint density at radius 1 is 0.538 bits per heavy atom. The van der Waals surface area contributed by atoms with E-state index in [0.717, 1.165) is 32.5 Å². The van der Waals surface area contributed by atoms with E-state index in [1.807, 2.05) is 24.3 Å². The smallest absolute Gasteiger partial charge is 0.136 e. The van der Waals surface area contributed by atoms with Gasteiger partial charge in [0.05, 0.1) is 0 Å². The van der Waals surface area contributed by atoms with Crippen LogP contribution in [0.25, 0.3) is 44.2 Å². The van der Waals surface area contributed by atoms with Gasteiger partial charge in [0.2, 0.25) is 0 Å². The minimum absolute atomic E-state index is 0.721. The summed E-state index contributed by atoms with van der Waals surface area (Å²) in [6.45, 7) is 0. The van der Waals surface area contributed by atoms with Crippen LogP contribution in [0, 0.1) is 0 Å². The zero-order chi connectivity index (χ0) is 17.5. The zero-order valence-electron chi connectivity index (χ0n) is 13.9. The molecule has 1 heterocycles. The Balaban J connectivity index is 1.72. The number of hydrogen-bond donors (Lipinski definition) is 0. The van der Waals surface area contributed by atoms with Crippen LogP contribution in [0.2, 0.25) is 5.02 Å². The number of benzene rings is 4. The zero-order valence-corrected chi connectivity index (χ0v) is 14.7. The molecule has 0 bridgehead atoms. The van der Waals surface area contributed by atoms with Gasteiger partial charge in [-0.05, 0) is 52.6 Å². The summed E-state index contributed by atoms with van der Waals surface area (Å²) in [6.07, 6.45) is 0. The number of furan rings is 1. The third-order valence-electron chi connectivity index (χ3n) is 4.76. The van der Waals surface area contributed by atoms with Crippen LogP contribution in [0.1, 0.15) is 0 Å². The molecule has 0 amide bonds. The lowest BCUT2D eigenvalue weighted by Gasteiger charge is -2.10. The highest BCUT2D eigenvalue weighted by Gasteiger charge is 2.11. The summed E-state index contributed by atoms with van der Waals surface area (Å²) in [6, 6.07) is 31.1. The average Bonchev–Trinajstić information content (AvgIpc) is 3.05. The highest BCUT2D eigenvalue weighted by molar-refractivity contribution is 6.31. The molecular formula is C24H15ClO. The molecule has 26 heavy (non-hydrogen) atoms. The van der Waals surface area contributed by atoms with Gasteiger partial charge >= 0.3 is 0 Å². The number of rotatable bonds is 2. The molecule has 0 N–H and O–H groups in total. The first-order valence-corrected chi connectivity index (χ1v) is 8.94. The van der Waals surface area contributed by atoms with E-state index < -0.39 is 0 Å². The molecular weight excluding hydrogens is 340 g/mol. The predicted octanol–water partition coefficient (Wildman–Crippen LogP) is 7.57. The molecule has 1 nitrogen and oxygen atoms in total. The van der Waals surface area contributed by atoms with E-state index in [9.17, 15) is 0 Å². The monoisotopic (exact) mass is 354 g/mol. The van der Waals surface area contributed by atoms with Crippen LogP contribution < -0.4 is 0 Å². The van der Waals surface area contributed by atoms with Gasteiger partial charge in [-0.25, -0.2) is 0 Å². The third-order valence-corrected chi connectivity index (χ3v) is 4.99. The molecule has 0 fully saturated rings. The van der Waals surface area contributed by atoms with E-state index >= 15 is 0 Å². The lowest BCUT2D eigenvalue weighted by atomic mass is 9.94. The van der Waals surface area contributed by atoms with Crippen LogP contribution in [0.3, 0.4) is 0 Å². The van der Waals surface area contributed by atoms with Gasteiger partial charge in [0.15, 0.2) is 0 Å². The number of hydrogen-bond acceptors (Lipinski definition) is 1. The van der Waals surface area contributed by atoms with E-state index in [0.29, 0.717) is 0 Å². The van der Waals surface area contributed by atoms with Gasteiger partial charge < -0.3 is 4.42 Å². The molecule has 0 unspecified atom stereocenters. The third kappa shape index (κ3) is 2.49. The Kier molecular flexibility index (Phi) is 3.55. The van der Waals surface area contributed by atoms with Crippen LogP contribution in [-0.2, 0) is 0 Å². The summed E-state index contributed by atoms with van der Waals surface area (Å²) in [7, 11) is 0. The van der Waals surface area contributed by atoms with Gasteiger partial charge in [-0.1, -0.05) is 72.3 Å². The molecule has 0 atom stereocenters. The van der Waals surface area contributed by atoms with Gasteiger partial charge in [-0.3, -0.25) is 0 Å². The fraction of sp³-hybridized carbons (Fsp3) is 0. The molecule has 4 aromatic carbocycles. The minimum Gasteiger partial charge on any atom is -0.456 e. The lowest BCUT2D eigenvalue weighted by Crippen LogP contribution is -1.84. The Bertz CT molecular complexity index is 1240. The summed E-state index contributed by atoms with van der Waals surface area (Å²) < 4.78 is 6.06. The van der Waals surface area contributed by atoms with Crippen molar-refractivity contribution in [3.8, 4) is 22.3 Å². The second kappa shape index (κ2) is 6.05. The van der Waals surface area contributed by atoms with Crippen LogP contribution in [0.4, 0.5) is 0 Å². The molecule has 2 heteroatoms. The highest BCUT2D eigenvalue weighted by Crippen LogP contribution is 2.36. The van der Waals surface area contributed by atoms with Crippen molar-refractivity contribution in [1.29, 1.82) is 0 Å². The second-order valence-electron chi connectivity index (χ2n) is 6.37. The fourth-order valence-electron chi connectivity index (χ4n) is 3.52. The van der Waals surface area contributed by atoms with Crippen LogP contribution >= 0.6 is 11.6 Å². The average molecular weight is 355 g/mol. The molecule has 0 spiro atoms. The summed E-state index contributed by atoms with van der Waals surface area (Å²) in [5.74, 6) is 0. The Morgan fingerprint density at radius 3 is 2.08 bits per heavy atom. The molecule has 5 rings (SSSR count). The summed E-state index contributed by atoms with van der Waals surface area (Å²) in [5, 5.41) is 2.86. The van der Waals surface area contributed by atoms with E-state index in [1.54, 1.807) is 0 Å². The normalized spacial score (nSPS) is 11.3. The lowest BCUT2D eigenvalue weighted by molar-refractivity contribution is 0.669. The van der Waals surface area contributed by atoms with Crippen molar-refractivity contribution in [2.75, 3.05) is 0 Å². The van der Waals surface area contributed by atoms with Crippen LogP contribution in [0.5, 0.6) is 0 Å². The predicted molar refractivity (Wildman–Crippen MR) is 110 cm³/mol. The van der Waals surface area contributed by atoms with Crippen molar-refractivity contribution in [3.63, 3.8) is 0 Å². The molecule has 0 radical (unpaired) electrons. The molecule has 0 aliphatic heterocycles. The first-order valence-electron chi connectivity index (χ1n) is 8.56. The van der Waals surface area contributed by atoms with Gasteiger partial charge in [0, 0.05) is 15.8 Å². The topological polar surface area (TPSA) is 13.1 Å². The Hall–Kier alpha value is -3.03. The van der Waals surface area contributed by atoms with E-state index in [2.05, 4.69) is 66.7 Å². The van der Waals surface area contributed by atoms with Crippen molar-refractivity contribution in [1.82, 2.24) is 0 Å². The van der Waals surface area contributed by atoms with E-state index in [4.69, 9.17) is 16.0 Å². The Labute approximate surface area is 156 Å². The molecule has 5 aromatic rings. The quantitative estimate of drug-likeness (QED) is 0.318. The van der Waals surface area contributed by atoms with Gasteiger partial charge in [0.1, 0.15) is 11.2 Å². The highest BCUT2D eigenvalue weighted by atomic mass is 35.5. The molecule has 0 aliphatic rings. The molecule has 1 aromatic heterocycles. The van der Waals surface area contributed by atoms with Gasteiger partial charge in [-0.2, -0.15) is 0 Å². The Morgan fingerprint density at radius 2 is 1.27 bits per heavy atom. The minimum atomic E-state index is 0.721. The maximum Gasteiger partial charge on any atom is 0.136 e. The summed E-state index contributed by atoms with van der Waals surface area (Å²) in [4.78, 5) is 0. The maximum absolute atomic E-state index is 6.15. The second-order valence-corrected chi connectivity index (χ2v) is 6.80. The van der Waals surface area contributed by atoms with Crippen molar-refractivity contribution >= 4 is 33.5 Å². The number of halogens is 1. The van der Waals surface area contributed by atoms with Crippen molar-refractivity contribution in [2.45, 2.75) is 0 Å². The number of fused-ring (bicyclic) bond motifs is 3. The van der Waals surface area contributed by atoms with E-state index in [1.165, 1.54) is 16.7 Å². The van der Waals surface area contributed by atoms with Crippen molar-refractivity contribution in [2.24, 2.45) is 0 Å². The van der Waals surface area contributed by atoms with Crippen LogP contribution in [-0.4, -0.2) is 0 Å². The molecule has 124 valence electrons. The molecule has 0 saturated heterocycles. The largest absolute Gasteiger partial charge is 0.456 e. The first kappa shape index (κ1) is 15.2. The van der Waals surface area contributed by atoms with Crippen molar-refractivity contribution in [3.05, 3.63) is 96.0 Å². The molecule has 0 aliphatic carbocycles. The summed E-state index contributed by atoms with van der Waals surface area (Å²) in [5.41, 5.74) is 6.49. The fourth-order valence-corrected chi connectivity index (χ4v) is 3.69. The standard InChI is InChI=1S/C24H15ClO/c25-18-11-13-23-22(15-18)21-12-10-17(14-24(21)26-23)20-9-5-4-8-19(20)16-6-2-1-3-7-16/h1-15H.